The lowest BCUT2D eigenvalue weighted by Crippen LogP contribution is -2.33. The van der Waals surface area contributed by atoms with E-state index in [0.717, 1.165) is 25.3 Å². The third kappa shape index (κ3) is 4.22. The number of ether oxygens (including phenoxy) is 1. The van der Waals surface area contributed by atoms with Crippen LogP contribution < -0.4 is 5.32 Å². The van der Waals surface area contributed by atoms with Crippen LogP contribution in [0.25, 0.3) is 0 Å². The topological polar surface area (TPSA) is 41.5 Å². The lowest BCUT2D eigenvalue weighted by molar-refractivity contribution is 0.0279. The van der Waals surface area contributed by atoms with Crippen LogP contribution in [0.3, 0.4) is 0 Å². The van der Waals surface area contributed by atoms with E-state index >= 15 is 0 Å². The molecule has 1 aliphatic rings. The average molecular weight is 213 g/mol. The molecule has 0 amide bonds. The summed E-state index contributed by atoms with van der Waals surface area (Å²) in [7, 11) is 0. The van der Waals surface area contributed by atoms with Gasteiger partial charge in [-0.2, -0.15) is 0 Å². The van der Waals surface area contributed by atoms with Crippen LogP contribution in [0.4, 0.5) is 0 Å². The van der Waals surface area contributed by atoms with Gasteiger partial charge in [0.25, 0.3) is 0 Å². The van der Waals surface area contributed by atoms with Gasteiger partial charge in [0.15, 0.2) is 0 Å². The van der Waals surface area contributed by atoms with Gasteiger partial charge in [0.1, 0.15) is 11.4 Å². The molecule has 1 unspecified atom stereocenters. The van der Waals surface area contributed by atoms with Crippen LogP contribution in [-0.4, -0.2) is 30.4 Å². The highest BCUT2D eigenvalue weighted by Gasteiger charge is 2.28. The van der Waals surface area contributed by atoms with Crippen LogP contribution in [0.1, 0.15) is 33.6 Å². The van der Waals surface area contributed by atoms with E-state index in [-0.39, 0.29) is 0 Å². The van der Waals surface area contributed by atoms with Crippen molar-refractivity contribution in [1.29, 1.82) is 0 Å². The molecule has 0 aromatic rings. The van der Waals surface area contributed by atoms with E-state index < -0.39 is 5.60 Å². The van der Waals surface area contributed by atoms with Crippen molar-refractivity contribution in [3.8, 4) is 0 Å². The standard InChI is InChI=1S/C12H23NO2/c1-10(2)9-13-7-6-12(3,14)11-5-4-8-15-11/h5,10,13-14H,4,6-9H2,1-3H3. The van der Waals surface area contributed by atoms with Gasteiger partial charge in [-0.05, 0) is 38.4 Å². The summed E-state index contributed by atoms with van der Waals surface area (Å²) in [5, 5.41) is 13.5. The fraction of sp³-hybridized carbons (Fsp3) is 0.833. The van der Waals surface area contributed by atoms with Crippen molar-refractivity contribution in [2.75, 3.05) is 19.7 Å². The molecule has 1 rings (SSSR count). The molecule has 1 atom stereocenters. The predicted molar refractivity (Wildman–Crippen MR) is 61.6 cm³/mol. The first-order chi connectivity index (χ1) is 7.02. The summed E-state index contributed by atoms with van der Waals surface area (Å²) in [6.45, 7) is 8.70. The summed E-state index contributed by atoms with van der Waals surface area (Å²) >= 11 is 0. The first-order valence-electron chi connectivity index (χ1n) is 5.79. The molecule has 0 bridgehead atoms. The summed E-state index contributed by atoms with van der Waals surface area (Å²) in [5.74, 6) is 1.39. The van der Waals surface area contributed by atoms with E-state index in [0.29, 0.717) is 18.9 Å². The molecule has 1 heterocycles. The Morgan fingerprint density at radius 3 is 2.87 bits per heavy atom. The fourth-order valence-corrected chi connectivity index (χ4v) is 1.64. The van der Waals surface area contributed by atoms with E-state index in [9.17, 15) is 5.11 Å². The molecule has 0 aliphatic carbocycles. The second kappa shape index (κ2) is 5.52. The van der Waals surface area contributed by atoms with Crippen molar-refractivity contribution in [2.45, 2.75) is 39.2 Å². The molecule has 0 saturated heterocycles. The Hall–Kier alpha value is -0.540. The van der Waals surface area contributed by atoms with Gasteiger partial charge < -0.3 is 15.2 Å². The van der Waals surface area contributed by atoms with Crippen LogP contribution in [0.2, 0.25) is 0 Å². The molecule has 3 heteroatoms. The number of hydrogen-bond donors (Lipinski definition) is 2. The highest BCUT2D eigenvalue weighted by Crippen LogP contribution is 2.25. The van der Waals surface area contributed by atoms with E-state index in [4.69, 9.17) is 4.74 Å². The first-order valence-corrected chi connectivity index (χ1v) is 5.79. The van der Waals surface area contributed by atoms with Gasteiger partial charge in [-0.15, -0.1) is 0 Å². The summed E-state index contributed by atoms with van der Waals surface area (Å²) in [6, 6.07) is 0. The van der Waals surface area contributed by atoms with Gasteiger partial charge in [0.05, 0.1) is 6.61 Å². The summed E-state index contributed by atoms with van der Waals surface area (Å²) in [6.07, 6.45) is 3.61. The Balaban J connectivity index is 2.24. The fourth-order valence-electron chi connectivity index (χ4n) is 1.64. The SMILES string of the molecule is CC(C)CNCCC(C)(O)C1=CCCO1. The van der Waals surface area contributed by atoms with Crippen LogP contribution in [-0.2, 0) is 4.74 Å². The molecule has 0 aromatic heterocycles. The zero-order chi connectivity index (χ0) is 11.3. The zero-order valence-corrected chi connectivity index (χ0v) is 10.0. The van der Waals surface area contributed by atoms with E-state index in [2.05, 4.69) is 19.2 Å². The van der Waals surface area contributed by atoms with Crippen molar-refractivity contribution in [1.82, 2.24) is 5.32 Å². The summed E-state index contributed by atoms with van der Waals surface area (Å²) in [4.78, 5) is 0. The Labute approximate surface area is 92.5 Å². The van der Waals surface area contributed by atoms with Gasteiger partial charge in [0, 0.05) is 6.42 Å². The molecule has 15 heavy (non-hydrogen) atoms. The molecule has 1 aliphatic heterocycles. The smallest absolute Gasteiger partial charge is 0.123 e. The van der Waals surface area contributed by atoms with Crippen LogP contribution in [0.15, 0.2) is 11.8 Å². The van der Waals surface area contributed by atoms with E-state index in [1.165, 1.54) is 0 Å². The minimum Gasteiger partial charge on any atom is -0.495 e. The zero-order valence-electron chi connectivity index (χ0n) is 10.0. The van der Waals surface area contributed by atoms with Crippen molar-refractivity contribution in [2.24, 2.45) is 5.92 Å². The van der Waals surface area contributed by atoms with Gasteiger partial charge in [0.2, 0.25) is 0 Å². The molecule has 0 saturated carbocycles. The Kier molecular flexibility index (Phi) is 4.61. The largest absolute Gasteiger partial charge is 0.495 e. The maximum absolute atomic E-state index is 10.1. The average Bonchev–Trinajstić information content (AvgIpc) is 2.65. The molecule has 0 radical (unpaired) electrons. The Morgan fingerprint density at radius 1 is 1.60 bits per heavy atom. The number of rotatable bonds is 6. The molecule has 0 aromatic carbocycles. The van der Waals surface area contributed by atoms with Gasteiger partial charge in [-0.1, -0.05) is 13.8 Å². The number of hydrogen-bond acceptors (Lipinski definition) is 3. The van der Waals surface area contributed by atoms with Gasteiger partial charge >= 0.3 is 0 Å². The summed E-state index contributed by atoms with van der Waals surface area (Å²) in [5.41, 5.74) is -0.805. The molecule has 88 valence electrons. The lowest BCUT2D eigenvalue weighted by Gasteiger charge is -2.24. The summed E-state index contributed by atoms with van der Waals surface area (Å²) < 4.78 is 5.38. The lowest BCUT2D eigenvalue weighted by atomic mass is 9.99. The predicted octanol–water partition coefficient (Wildman–Crippen LogP) is 1.68. The third-order valence-electron chi connectivity index (χ3n) is 2.58. The molecule has 3 nitrogen and oxygen atoms in total. The Bertz CT molecular complexity index is 222. The van der Waals surface area contributed by atoms with Crippen molar-refractivity contribution in [3.05, 3.63) is 11.8 Å². The first kappa shape index (κ1) is 12.5. The molecular weight excluding hydrogens is 190 g/mol. The minimum atomic E-state index is -0.805. The van der Waals surface area contributed by atoms with Gasteiger partial charge in [-0.25, -0.2) is 0 Å². The minimum absolute atomic E-state index is 0.650. The van der Waals surface area contributed by atoms with Crippen molar-refractivity contribution < 1.29 is 9.84 Å². The highest BCUT2D eigenvalue weighted by atomic mass is 16.5. The van der Waals surface area contributed by atoms with E-state index in [1.807, 2.05) is 13.0 Å². The highest BCUT2D eigenvalue weighted by molar-refractivity contribution is 5.11. The van der Waals surface area contributed by atoms with Crippen LogP contribution >= 0.6 is 0 Å². The van der Waals surface area contributed by atoms with Crippen molar-refractivity contribution >= 4 is 0 Å². The normalized spacial score (nSPS) is 19.9. The van der Waals surface area contributed by atoms with Crippen LogP contribution in [0.5, 0.6) is 0 Å². The molecular formula is C12H23NO2. The maximum atomic E-state index is 10.1. The molecule has 0 spiro atoms. The third-order valence-corrected chi connectivity index (χ3v) is 2.58. The number of nitrogens with one attached hydrogen (secondary N) is 1. The quantitative estimate of drug-likeness (QED) is 0.660. The number of aliphatic hydroxyl groups is 1. The Morgan fingerprint density at radius 2 is 2.33 bits per heavy atom. The maximum Gasteiger partial charge on any atom is 0.123 e. The molecule has 2 N–H and O–H groups in total. The second-order valence-corrected chi connectivity index (χ2v) is 4.83. The monoisotopic (exact) mass is 213 g/mol. The second-order valence-electron chi connectivity index (χ2n) is 4.83. The van der Waals surface area contributed by atoms with Crippen molar-refractivity contribution in [3.63, 3.8) is 0 Å². The molecule has 0 fully saturated rings. The van der Waals surface area contributed by atoms with Gasteiger partial charge in [-0.3, -0.25) is 0 Å². The van der Waals surface area contributed by atoms with E-state index in [1.54, 1.807) is 0 Å². The van der Waals surface area contributed by atoms with Crippen LogP contribution in [0, 0.1) is 5.92 Å².